The standard InChI is InChI=1S/C17H13Cl2N7O2/c1-9(28-2)15-12(7-21-14-6-13(19)24-26(14)15)23-17(27)22-10-5-11(18)16-20-3-4-25(16)8-10/h3-8H,1H2,2H3,(H2,22,23,27). The van der Waals surface area contributed by atoms with Crippen molar-refractivity contribution in [3.05, 3.63) is 59.4 Å². The Hall–Kier alpha value is -3.30. The number of carbonyl (C=O) groups is 1. The second kappa shape index (κ2) is 7.02. The van der Waals surface area contributed by atoms with Crippen molar-refractivity contribution in [2.45, 2.75) is 0 Å². The average molecular weight is 418 g/mol. The summed E-state index contributed by atoms with van der Waals surface area (Å²) in [5.41, 5.74) is 2.32. The number of pyridine rings is 1. The summed E-state index contributed by atoms with van der Waals surface area (Å²) in [6.07, 6.45) is 6.50. The van der Waals surface area contributed by atoms with Crippen LogP contribution in [0.15, 0.2) is 43.5 Å². The number of nitrogens with one attached hydrogen (secondary N) is 2. The fraction of sp³-hybridized carbons (Fsp3) is 0.0588. The fourth-order valence-electron chi connectivity index (χ4n) is 2.71. The zero-order valence-electron chi connectivity index (χ0n) is 14.5. The lowest BCUT2D eigenvalue weighted by atomic mass is 10.3. The lowest BCUT2D eigenvalue weighted by molar-refractivity contribution is 0.262. The number of methoxy groups -OCH3 is 1. The number of halogens is 2. The molecular formula is C17H13Cl2N7O2. The largest absolute Gasteiger partial charge is 0.495 e. The number of fused-ring (bicyclic) bond motifs is 2. The molecule has 142 valence electrons. The van der Waals surface area contributed by atoms with Gasteiger partial charge >= 0.3 is 6.03 Å². The fourth-order valence-corrected chi connectivity index (χ4v) is 3.14. The van der Waals surface area contributed by atoms with Crippen LogP contribution >= 0.6 is 23.2 Å². The van der Waals surface area contributed by atoms with Gasteiger partial charge in [-0.2, -0.15) is 5.10 Å². The molecule has 0 aliphatic rings. The van der Waals surface area contributed by atoms with Gasteiger partial charge < -0.3 is 19.8 Å². The summed E-state index contributed by atoms with van der Waals surface area (Å²) < 4.78 is 8.37. The summed E-state index contributed by atoms with van der Waals surface area (Å²) in [6, 6.07) is 2.67. The predicted octanol–water partition coefficient (Wildman–Crippen LogP) is 3.94. The molecular weight excluding hydrogens is 405 g/mol. The summed E-state index contributed by atoms with van der Waals surface area (Å²) in [7, 11) is 1.46. The molecule has 0 bridgehead atoms. The molecule has 9 nitrogen and oxygen atoms in total. The normalized spacial score (nSPS) is 11.0. The van der Waals surface area contributed by atoms with Crippen LogP contribution in [0.1, 0.15) is 5.69 Å². The number of imidazole rings is 1. The van der Waals surface area contributed by atoms with Gasteiger partial charge in [0.1, 0.15) is 11.5 Å². The minimum absolute atomic E-state index is 0.252. The second-order valence-corrected chi connectivity index (χ2v) is 6.49. The van der Waals surface area contributed by atoms with Crippen molar-refractivity contribution >= 4 is 57.7 Å². The van der Waals surface area contributed by atoms with Crippen molar-refractivity contribution in [2.75, 3.05) is 17.7 Å². The van der Waals surface area contributed by atoms with Gasteiger partial charge in [-0.3, -0.25) is 0 Å². The Balaban J connectivity index is 1.65. The zero-order chi connectivity index (χ0) is 19.8. The average Bonchev–Trinajstić information content (AvgIpc) is 3.26. The number of hydrogen-bond donors (Lipinski definition) is 2. The smallest absolute Gasteiger partial charge is 0.323 e. The number of carbonyl (C=O) groups excluding carboxylic acids is 1. The predicted molar refractivity (Wildman–Crippen MR) is 107 cm³/mol. The van der Waals surface area contributed by atoms with Crippen LogP contribution in [0.2, 0.25) is 10.2 Å². The summed E-state index contributed by atoms with van der Waals surface area (Å²) in [5.74, 6) is 0.283. The van der Waals surface area contributed by atoms with Gasteiger partial charge in [0.05, 0.1) is 29.7 Å². The zero-order valence-corrected chi connectivity index (χ0v) is 16.0. The van der Waals surface area contributed by atoms with Crippen LogP contribution in [0.5, 0.6) is 0 Å². The van der Waals surface area contributed by atoms with Crippen LogP contribution in [0.4, 0.5) is 16.2 Å². The molecule has 0 aromatic carbocycles. The Morgan fingerprint density at radius 1 is 1.25 bits per heavy atom. The van der Waals surface area contributed by atoms with Gasteiger partial charge in [-0.1, -0.05) is 29.8 Å². The highest BCUT2D eigenvalue weighted by atomic mass is 35.5. The topological polar surface area (TPSA) is 97.8 Å². The maximum Gasteiger partial charge on any atom is 0.323 e. The number of hydrogen-bond acceptors (Lipinski definition) is 5. The number of rotatable bonds is 4. The highest BCUT2D eigenvalue weighted by Crippen LogP contribution is 2.25. The maximum atomic E-state index is 12.5. The third-order valence-electron chi connectivity index (χ3n) is 3.91. The highest BCUT2D eigenvalue weighted by molar-refractivity contribution is 6.33. The monoisotopic (exact) mass is 417 g/mol. The Labute approximate surface area is 168 Å². The SMILES string of the molecule is C=C(OC)c1c(NC(=O)Nc2cc(Cl)c3nccn3c2)cnc2cc(Cl)nn12. The minimum atomic E-state index is -0.514. The van der Waals surface area contributed by atoms with E-state index < -0.39 is 6.03 Å². The van der Waals surface area contributed by atoms with Gasteiger partial charge in [-0.15, -0.1) is 0 Å². The van der Waals surface area contributed by atoms with E-state index in [1.165, 1.54) is 17.8 Å². The first-order chi connectivity index (χ1) is 13.5. The van der Waals surface area contributed by atoms with Crippen LogP contribution in [-0.2, 0) is 4.74 Å². The molecule has 0 spiro atoms. The van der Waals surface area contributed by atoms with E-state index in [2.05, 4.69) is 32.3 Å². The second-order valence-electron chi connectivity index (χ2n) is 5.70. The molecule has 0 aliphatic carbocycles. The van der Waals surface area contributed by atoms with Crippen molar-refractivity contribution in [1.82, 2.24) is 24.0 Å². The third-order valence-corrected chi connectivity index (χ3v) is 4.38. The van der Waals surface area contributed by atoms with E-state index in [1.807, 2.05) is 0 Å². The molecule has 4 aromatic heterocycles. The molecule has 0 saturated heterocycles. The molecule has 2 amide bonds. The summed E-state index contributed by atoms with van der Waals surface area (Å²) in [5, 5.41) is 10.2. The van der Waals surface area contributed by atoms with Crippen LogP contribution < -0.4 is 10.6 Å². The molecule has 0 saturated carbocycles. The number of aromatic nitrogens is 5. The first-order valence-electron chi connectivity index (χ1n) is 7.94. The lowest BCUT2D eigenvalue weighted by Crippen LogP contribution is -2.21. The molecule has 0 radical (unpaired) electrons. The molecule has 11 heteroatoms. The van der Waals surface area contributed by atoms with Gasteiger partial charge in [0.25, 0.3) is 0 Å². The first-order valence-corrected chi connectivity index (χ1v) is 8.69. The summed E-state index contributed by atoms with van der Waals surface area (Å²) in [6.45, 7) is 3.84. The molecule has 4 aromatic rings. The van der Waals surface area contributed by atoms with Crippen molar-refractivity contribution in [2.24, 2.45) is 0 Å². The molecule has 0 aliphatic heterocycles. The van der Waals surface area contributed by atoms with Crippen LogP contribution in [0, 0.1) is 0 Å². The molecule has 4 heterocycles. The number of amides is 2. The lowest BCUT2D eigenvalue weighted by Gasteiger charge is -2.14. The van der Waals surface area contributed by atoms with Gasteiger partial charge in [0, 0.05) is 24.7 Å². The third kappa shape index (κ3) is 3.21. The minimum Gasteiger partial charge on any atom is -0.495 e. The summed E-state index contributed by atoms with van der Waals surface area (Å²) >= 11 is 12.1. The Kier molecular flexibility index (Phi) is 4.54. The number of nitrogens with zero attached hydrogens (tertiary/aromatic N) is 5. The molecule has 4 rings (SSSR count). The van der Waals surface area contributed by atoms with E-state index in [9.17, 15) is 4.79 Å². The van der Waals surface area contributed by atoms with E-state index in [4.69, 9.17) is 27.9 Å². The molecule has 0 unspecified atom stereocenters. The molecule has 0 atom stereocenters. The first kappa shape index (κ1) is 18.1. The van der Waals surface area contributed by atoms with Crippen molar-refractivity contribution < 1.29 is 9.53 Å². The molecule has 0 fully saturated rings. The number of urea groups is 1. The van der Waals surface area contributed by atoms with E-state index in [1.54, 1.807) is 35.1 Å². The van der Waals surface area contributed by atoms with Crippen molar-refractivity contribution in [3.63, 3.8) is 0 Å². The van der Waals surface area contributed by atoms with Gasteiger partial charge in [0.2, 0.25) is 0 Å². The van der Waals surface area contributed by atoms with Crippen molar-refractivity contribution in [1.29, 1.82) is 0 Å². The highest BCUT2D eigenvalue weighted by Gasteiger charge is 2.17. The Morgan fingerprint density at radius 2 is 2.07 bits per heavy atom. The molecule has 28 heavy (non-hydrogen) atoms. The number of anilines is 2. The van der Waals surface area contributed by atoms with Gasteiger partial charge in [0.15, 0.2) is 16.4 Å². The van der Waals surface area contributed by atoms with E-state index in [0.29, 0.717) is 33.4 Å². The Bertz CT molecular complexity index is 1230. The Morgan fingerprint density at radius 3 is 2.86 bits per heavy atom. The quantitative estimate of drug-likeness (QED) is 0.490. The summed E-state index contributed by atoms with van der Waals surface area (Å²) in [4.78, 5) is 20.9. The number of ether oxygens (including phenoxy) is 1. The van der Waals surface area contributed by atoms with Crippen LogP contribution in [0.25, 0.3) is 17.1 Å². The van der Waals surface area contributed by atoms with Crippen LogP contribution in [0.3, 0.4) is 0 Å². The van der Waals surface area contributed by atoms with Gasteiger partial charge in [-0.05, 0) is 6.07 Å². The molecule has 2 N–H and O–H groups in total. The maximum absolute atomic E-state index is 12.5. The van der Waals surface area contributed by atoms with E-state index >= 15 is 0 Å². The van der Waals surface area contributed by atoms with E-state index in [-0.39, 0.29) is 10.9 Å². The van der Waals surface area contributed by atoms with Crippen LogP contribution in [-0.4, -0.2) is 37.1 Å². The van der Waals surface area contributed by atoms with Gasteiger partial charge in [-0.25, -0.2) is 19.3 Å². The van der Waals surface area contributed by atoms with Crippen molar-refractivity contribution in [3.8, 4) is 0 Å². The van der Waals surface area contributed by atoms with E-state index in [0.717, 1.165) is 0 Å².